The van der Waals surface area contributed by atoms with Crippen LogP contribution in [-0.2, 0) is 12.1 Å². The third-order valence-electron chi connectivity index (χ3n) is 4.42. The van der Waals surface area contributed by atoms with Crippen molar-refractivity contribution >= 4 is 29.9 Å². The van der Waals surface area contributed by atoms with Gasteiger partial charge >= 0.3 is 0 Å². The molecule has 6 nitrogen and oxygen atoms in total. The van der Waals surface area contributed by atoms with Crippen LogP contribution >= 0.6 is 24.0 Å². The topological polar surface area (TPSA) is 74.5 Å². The lowest BCUT2D eigenvalue weighted by atomic mass is 9.96. The molecule has 1 atom stereocenters. The van der Waals surface area contributed by atoms with E-state index in [0.29, 0.717) is 19.0 Å². The molecule has 2 aromatic carbocycles. The fourth-order valence-corrected chi connectivity index (χ4v) is 2.83. The van der Waals surface area contributed by atoms with Crippen molar-refractivity contribution in [2.75, 3.05) is 13.1 Å². The van der Waals surface area contributed by atoms with E-state index in [0.717, 1.165) is 23.4 Å². The van der Waals surface area contributed by atoms with Crippen LogP contribution in [-0.4, -0.2) is 33.9 Å². The van der Waals surface area contributed by atoms with Gasteiger partial charge in [0.15, 0.2) is 5.96 Å². The number of rotatable bonds is 7. The highest BCUT2D eigenvalue weighted by atomic mass is 127. The summed E-state index contributed by atoms with van der Waals surface area (Å²) < 4.78 is 1.84. The van der Waals surface area contributed by atoms with Crippen LogP contribution in [0.3, 0.4) is 0 Å². The Labute approximate surface area is 189 Å². The molecule has 0 saturated heterocycles. The molecule has 3 rings (SSSR count). The highest BCUT2D eigenvalue weighted by molar-refractivity contribution is 14.0. The van der Waals surface area contributed by atoms with E-state index in [9.17, 15) is 5.11 Å². The van der Waals surface area contributed by atoms with Crippen molar-refractivity contribution in [1.82, 2.24) is 20.4 Å². The van der Waals surface area contributed by atoms with E-state index < -0.39 is 5.60 Å². The molecule has 0 amide bonds. The Hall–Kier alpha value is -2.39. The minimum atomic E-state index is -0.990. The number of aliphatic imine (C=N–C) groups is 1. The molecule has 0 radical (unpaired) electrons. The van der Waals surface area contributed by atoms with Gasteiger partial charge in [-0.25, -0.2) is 9.67 Å². The van der Waals surface area contributed by atoms with E-state index in [1.165, 1.54) is 0 Å². The summed E-state index contributed by atoms with van der Waals surface area (Å²) in [6.07, 6.45) is 3.79. The van der Waals surface area contributed by atoms with Gasteiger partial charge in [0.1, 0.15) is 5.60 Å². The fraction of sp³-hybridized carbons (Fsp3) is 0.273. The molecule has 3 N–H and O–H groups in total. The molecule has 0 aliphatic rings. The second-order valence-electron chi connectivity index (χ2n) is 6.82. The van der Waals surface area contributed by atoms with E-state index in [-0.39, 0.29) is 24.0 Å². The van der Waals surface area contributed by atoms with Gasteiger partial charge in [-0.15, -0.1) is 24.0 Å². The predicted octanol–water partition coefficient (Wildman–Crippen LogP) is 3.45. The van der Waals surface area contributed by atoms with Crippen LogP contribution in [0.2, 0.25) is 0 Å². The van der Waals surface area contributed by atoms with Crippen molar-refractivity contribution in [2.45, 2.75) is 26.0 Å². The summed E-state index contributed by atoms with van der Waals surface area (Å²) in [4.78, 5) is 4.62. The number of benzene rings is 2. The van der Waals surface area contributed by atoms with Crippen LogP contribution in [0.1, 0.15) is 25.0 Å². The van der Waals surface area contributed by atoms with Gasteiger partial charge in [-0.05, 0) is 31.5 Å². The van der Waals surface area contributed by atoms with Crippen molar-refractivity contribution in [2.24, 2.45) is 4.99 Å². The standard InChI is InChI=1S/C22H27N5O.HI/c1-3-23-21(25-17-22(2,28)19-10-6-4-7-11-19)24-14-18-15-26-27(16-18)20-12-8-5-9-13-20;/h4-13,15-16,28H,3,14,17H2,1-2H3,(H2,23,24,25);1H. The number of aliphatic hydroxyl groups is 1. The second kappa shape index (κ2) is 11.0. The van der Waals surface area contributed by atoms with Crippen molar-refractivity contribution in [1.29, 1.82) is 0 Å². The number of para-hydroxylation sites is 1. The maximum Gasteiger partial charge on any atom is 0.191 e. The van der Waals surface area contributed by atoms with Crippen LogP contribution in [0, 0.1) is 0 Å². The molecule has 1 unspecified atom stereocenters. The summed E-state index contributed by atoms with van der Waals surface area (Å²) >= 11 is 0. The molecule has 0 bridgehead atoms. The van der Waals surface area contributed by atoms with E-state index in [2.05, 4.69) is 20.7 Å². The highest BCUT2D eigenvalue weighted by Crippen LogP contribution is 2.18. The Morgan fingerprint density at radius 2 is 1.72 bits per heavy atom. The predicted molar refractivity (Wildman–Crippen MR) is 128 cm³/mol. The Morgan fingerprint density at radius 1 is 1.07 bits per heavy atom. The second-order valence-corrected chi connectivity index (χ2v) is 6.82. The molecule has 0 spiro atoms. The first-order chi connectivity index (χ1) is 13.6. The maximum absolute atomic E-state index is 10.8. The normalized spacial score (nSPS) is 13.3. The molecule has 7 heteroatoms. The first-order valence-electron chi connectivity index (χ1n) is 9.47. The summed E-state index contributed by atoms with van der Waals surface area (Å²) in [5, 5.41) is 21.6. The number of guanidine groups is 1. The monoisotopic (exact) mass is 505 g/mol. The van der Waals surface area contributed by atoms with Crippen LogP contribution < -0.4 is 10.6 Å². The molecule has 154 valence electrons. The smallest absolute Gasteiger partial charge is 0.191 e. The Kier molecular flexibility index (Phi) is 8.66. The molecule has 0 fully saturated rings. The SMILES string of the molecule is CCNC(=NCc1cnn(-c2ccccc2)c1)NCC(C)(O)c1ccccc1.I. The van der Waals surface area contributed by atoms with Crippen LogP contribution in [0.5, 0.6) is 0 Å². The van der Waals surface area contributed by atoms with Crippen LogP contribution in [0.25, 0.3) is 5.69 Å². The van der Waals surface area contributed by atoms with E-state index in [1.54, 1.807) is 6.92 Å². The fourth-order valence-electron chi connectivity index (χ4n) is 2.83. The number of nitrogens with zero attached hydrogens (tertiary/aromatic N) is 3. The lowest BCUT2D eigenvalue weighted by Gasteiger charge is -2.25. The Balaban J connectivity index is 0.00000300. The van der Waals surface area contributed by atoms with Gasteiger partial charge in [-0.2, -0.15) is 5.10 Å². The van der Waals surface area contributed by atoms with Crippen LogP contribution in [0.4, 0.5) is 0 Å². The van der Waals surface area contributed by atoms with Crippen molar-refractivity contribution < 1.29 is 5.11 Å². The first kappa shape index (κ1) is 22.9. The Morgan fingerprint density at radius 3 is 2.38 bits per heavy atom. The van der Waals surface area contributed by atoms with Crippen molar-refractivity contribution in [3.05, 3.63) is 84.2 Å². The summed E-state index contributed by atoms with van der Waals surface area (Å²) in [5.74, 6) is 0.658. The minimum Gasteiger partial charge on any atom is -0.384 e. The number of hydrogen-bond donors (Lipinski definition) is 3. The van der Waals surface area contributed by atoms with Gasteiger partial charge in [0.2, 0.25) is 0 Å². The van der Waals surface area contributed by atoms with Crippen molar-refractivity contribution in [3.8, 4) is 5.69 Å². The zero-order chi connectivity index (χ0) is 19.8. The first-order valence-corrected chi connectivity index (χ1v) is 9.47. The van der Waals surface area contributed by atoms with E-state index >= 15 is 0 Å². The molecule has 29 heavy (non-hydrogen) atoms. The van der Waals surface area contributed by atoms with Crippen LogP contribution in [0.15, 0.2) is 78.0 Å². The average molecular weight is 505 g/mol. The molecular formula is C22H28IN5O. The highest BCUT2D eigenvalue weighted by Gasteiger charge is 2.22. The molecular weight excluding hydrogens is 477 g/mol. The number of hydrogen-bond acceptors (Lipinski definition) is 3. The summed E-state index contributed by atoms with van der Waals surface area (Å²) in [6, 6.07) is 19.6. The largest absolute Gasteiger partial charge is 0.384 e. The number of nitrogens with one attached hydrogen (secondary N) is 2. The molecule has 0 saturated carbocycles. The number of aromatic nitrogens is 2. The molecule has 3 aromatic rings. The van der Waals surface area contributed by atoms with E-state index in [4.69, 9.17) is 0 Å². The molecule has 0 aliphatic heterocycles. The summed E-state index contributed by atoms with van der Waals surface area (Å²) in [6.45, 7) is 5.40. The summed E-state index contributed by atoms with van der Waals surface area (Å²) in [5.41, 5.74) is 1.90. The van der Waals surface area contributed by atoms with Gasteiger partial charge in [0.25, 0.3) is 0 Å². The molecule has 1 heterocycles. The lowest BCUT2D eigenvalue weighted by Crippen LogP contribution is -2.44. The number of halogens is 1. The van der Waals surface area contributed by atoms with Gasteiger partial charge in [-0.3, -0.25) is 0 Å². The zero-order valence-electron chi connectivity index (χ0n) is 16.7. The lowest BCUT2D eigenvalue weighted by molar-refractivity contribution is 0.0617. The summed E-state index contributed by atoms with van der Waals surface area (Å²) in [7, 11) is 0. The van der Waals surface area contributed by atoms with Gasteiger partial charge in [0, 0.05) is 18.3 Å². The van der Waals surface area contributed by atoms with Gasteiger partial charge in [0.05, 0.1) is 25.0 Å². The molecule has 1 aromatic heterocycles. The van der Waals surface area contributed by atoms with Crippen molar-refractivity contribution in [3.63, 3.8) is 0 Å². The van der Waals surface area contributed by atoms with E-state index in [1.807, 2.05) is 84.7 Å². The quantitative estimate of drug-likeness (QED) is 0.261. The van der Waals surface area contributed by atoms with Gasteiger partial charge in [-0.1, -0.05) is 48.5 Å². The minimum absolute atomic E-state index is 0. The maximum atomic E-state index is 10.8. The van der Waals surface area contributed by atoms with Gasteiger partial charge < -0.3 is 15.7 Å². The third-order valence-corrected chi connectivity index (χ3v) is 4.42. The third kappa shape index (κ3) is 6.57. The average Bonchev–Trinajstić information content (AvgIpc) is 3.20. The molecule has 0 aliphatic carbocycles. The Bertz CT molecular complexity index is 894. The zero-order valence-corrected chi connectivity index (χ0v) is 19.1.